The lowest BCUT2D eigenvalue weighted by Crippen LogP contribution is -2.40. The molecule has 26 heavy (non-hydrogen) atoms. The Labute approximate surface area is 153 Å². The third-order valence-corrected chi connectivity index (χ3v) is 5.20. The maximum absolute atomic E-state index is 13.0. The van der Waals surface area contributed by atoms with E-state index in [2.05, 4.69) is 15.5 Å². The number of carbonyl (C=O) groups excluding carboxylic acids is 1. The van der Waals surface area contributed by atoms with Gasteiger partial charge in [-0.25, -0.2) is 9.18 Å². The fraction of sp³-hybridized carbons (Fsp3) is 0.278. The van der Waals surface area contributed by atoms with E-state index in [-0.39, 0.29) is 17.8 Å². The van der Waals surface area contributed by atoms with Crippen LogP contribution in [0.5, 0.6) is 0 Å². The summed E-state index contributed by atoms with van der Waals surface area (Å²) in [7, 11) is 0. The van der Waals surface area contributed by atoms with Gasteiger partial charge in [-0.05, 0) is 54.6 Å². The van der Waals surface area contributed by atoms with Gasteiger partial charge in [-0.15, -0.1) is 21.5 Å². The largest absolute Gasteiger partial charge is 0.420 e. The Morgan fingerprint density at radius 2 is 1.96 bits per heavy atom. The number of urea groups is 1. The van der Waals surface area contributed by atoms with Crippen LogP contribution >= 0.6 is 11.3 Å². The molecule has 2 amide bonds. The number of hydrogen-bond donors (Lipinski definition) is 1. The average Bonchev–Trinajstić information content (AvgIpc) is 3.34. The van der Waals surface area contributed by atoms with Crippen LogP contribution < -0.4 is 5.32 Å². The minimum Gasteiger partial charge on any atom is -0.420 e. The second-order valence-electron chi connectivity index (χ2n) is 6.12. The van der Waals surface area contributed by atoms with E-state index in [1.165, 1.54) is 23.5 Å². The molecule has 3 heterocycles. The van der Waals surface area contributed by atoms with E-state index in [1.54, 1.807) is 17.0 Å². The highest BCUT2D eigenvalue weighted by molar-refractivity contribution is 7.14. The monoisotopic (exact) mass is 372 g/mol. The Bertz CT molecular complexity index is 871. The van der Waals surface area contributed by atoms with Gasteiger partial charge < -0.3 is 9.32 Å². The Morgan fingerprint density at radius 3 is 2.65 bits per heavy atom. The highest BCUT2D eigenvalue weighted by Gasteiger charge is 2.27. The molecule has 134 valence electrons. The van der Waals surface area contributed by atoms with Gasteiger partial charge in [0.15, 0.2) is 0 Å². The zero-order valence-corrected chi connectivity index (χ0v) is 14.7. The number of aromatic nitrogens is 2. The van der Waals surface area contributed by atoms with Crippen molar-refractivity contribution in [3.05, 3.63) is 53.5 Å². The van der Waals surface area contributed by atoms with Gasteiger partial charge in [-0.3, -0.25) is 5.32 Å². The Kier molecular flexibility index (Phi) is 4.66. The van der Waals surface area contributed by atoms with Crippen LogP contribution in [0.25, 0.3) is 11.5 Å². The zero-order chi connectivity index (χ0) is 17.9. The number of nitrogens with zero attached hydrogens (tertiary/aromatic N) is 3. The molecule has 0 bridgehead atoms. The van der Waals surface area contributed by atoms with Gasteiger partial charge in [-0.2, -0.15) is 0 Å². The number of halogens is 1. The molecule has 6 nitrogen and oxygen atoms in total. The van der Waals surface area contributed by atoms with Crippen LogP contribution in [-0.2, 0) is 0 Å². The molecule has 2 aromatic heterocycles. The molecule has 0 unspecified atom stereocenters. The van der Waals surface area contributed by atoms with Crippen LogP contribution in [0.4, 0.5) is 14.2 Å². The summed E-state index contributed by atoms with van der Waals surface area (Å²) in [5, 5.41) is 13.9. The SMILES string of the molecule is O=C(Nc1cccs1)N1CCC(c2nnc(-c3ccc(F)cc3)o2)CC1. The van der Waals surface area contributed by atoms with Crippen molar-refractivity contribution < 1.29 is 13.6 Å². The maximum atomic E-state index is 13.0. The van der Waals surface area contributed by atoms with Crippen molar-refractivity contribution in [1.82, 2.24) is 15.1 Å². The summed E-state index contributed by atoms with van der Waals surface area (Å²) in [6, 6.07) is 9.66. The number of anilines is 1. The first-order valence-electron chi connectivity index (χ1n) is 8.38. The normalized spacial score (nSPS) is 15.2. The van der Waals surface area contributed by atoms with Crippen LogP contribution in [0.3, 0.4) is 0 Å². The number of nitrogens with one attached hydrogen (secondary N) is 1. The molecular formula is C18H17FN4O2S. The molecule has 1 saturated heterocycles. The summed E-state index contributed by atoms with van der Waals surface area (Å²) >= 11 is 1.50. The van der Waals surface area contributed by atoms with Gasteiger partial charge in [0.2, 0.25) is 11.8 Å². The summed E-state index contributed by atoms with van der Waals surface area (Å²) in [4.78, 5) is 14.1. The smallest absolute Gasteiger partial charge is 0.322 e. The second-order valence-corrected chi connectivity index (χ2v) is 7.07. The van der Waals surface area contributed by atoms with Gasteiger partial charge >= 0.3 is 6.03 Å². The van der Waals surface area contributed by atoms with Gasteiger partial charge in [-0.1, -0.05) is 0 Å². The highest BCUT2D eigenvalue weighted by Crippen LogP contribution is 2.29. The van der Waals surface area contributed by atoms with E-state index in [0.717, 1.165) is 17.8 Å². The number of amides is 2. The number of carbonyl (C=O) groups is 1. The number of thiophene rings is 1. The van der Waals surface area contributed by atoms with Crippen molar-refractivity contribution >= 4 is 22.4 Å². The lowest BCUT2D eigenvalue weighted by atomic mass is 9.97. The van der Waals surface area contributed by atoms with E-state index in [1.807, 2.05) is 17.5 Å². The first-order chi connectivity index (χ1) is 12.7. The van der Waals surface area contributed by atoms with Crippen molar-refractivity contribution in [1.29, 1.82) is 0 Å². The van der Waals surface area contributed by atoms with E-state index < -0.39 is 0 Å². The highest BCUT2D eigenvalue weighted by atomic mass is 32.1. The van der Waals surface area contributed by atoms with Gasteiger partial charge in [0.1, 0.15) is 5.82 Å². The summed E-state index contributed by atoms with van der Waals surface area (Å²) in [6.45, 7) is 1.27. The molecule has 0 spiro atoms. The van der Waals surface area contributed by atoms with Crippen LogP contribution in [0.1, 0.15) is 24.7 Å². The van der Waals surface area contributed by atoms with E-state index in [0.29, 0.717) is 30.4 Å². The predicted molar refractivity (Wildman–Crippen MR) is 96.6 cm³/mol. The van der Waals surface area contributed by atoms with Crippen LogP contribution in [0.15, 0.2) is 46.2 Å². The topological polar surface area (TPSA) is 71.3 Å². The number of likely N-dealkylation sites (tertiary alicyclic amines) is 1. The van der Waals surface area contributed by atoms with E-state index >= 15 is 0 Å². The Hall–Kier alpha value is -2.74. The molecule has 1 aliphatic rings. The molecule has 8 heteroatoms. The zero-order valence-electron chi connectivity index (χ0n) is 13.9. The fourth-order valence-electron chi connectivity index (χ4n) is 2.97. The third-order valence-electron chi connectivity index (χ3n) is 4.41. The maximum Gasteiger partial charge on any atom is 0.322 e. The van der Waals surface area contributed by atoms with Crippen LogP contribution in [-0.4, -0.2) is 34.2 Å². The van der Waals surface area contributed by atoms with Crippen molar-refractivity contribution in [3.8, 4) is 11.5 Å². The summed E-state index contributed by atoms with van der Waals surface area (Å²) in [5.41, 5.74) is 0.693. The molecule has 0 radical (unpaired) electrons. The first-order valence-corrected chi connectivity index (χ1v) is 9.26. The third kappa shape index (κ3) is 3.60. The quantitative estimate of drug-likeness (QED) is 0.742. The van der Waals surface area contributed by atoms with Crippen molar-refractivity contribution in [2.24, 2.45) is 0 Å². The standard InChI is InChI=1S/C18H17FN4O2S/c19-14-5-3-12(4-6-14)16-21-22-17(25-16)13-7-9-23(10-8-13)18(24)20-15-2-1-11-26-15/h1-6,11,13H,7-10H2,(H,20,24). The Morgan fingerprint density at radius 1 is 1.19 bits per heavy atom. The van der Waals surface area contributed by atoms with Gasteiger partial charge in [0, 0.05) is 24.6 Å². The minimum atomic E-state index is -0.304. The molecule has 0 atom stereocenters. The van der Waals surface area contributed by atoms with Crippen LogP contribution in [0, 0.1) is 5.82 Å². The molecule has 4 rings (SSSR count). The number of benzene rings is 1. The lowest BCUT2D eigenvalue weighted by molar-refractivity contribution is 0.190. The first kappa shape index (κ1) is 16.7. The number of hydrogen-bond acceptors (Lipinski definition) is 5. The molecule has 0 saturated carbocycles. The van der Waals surface area contributed by atoms with E-state index in [4.69, 9.17) is 4.42 Å². The number of rotatable bonds is 3. The predicted octanol–water partition coefficient (Wildman–Crippen LogP) is 4.35. The van der Waals surface area contributed by atoms with Gasteiger partial charge in [0.05, 0.1) is 5.00 Å². The minimum absolute atomic E-state index is 0.0802. The fourth-order valence-corrected chi connectivity index (χ4v) is 3.58. The molecule has 1 aromatic carbocycles. The molecule has 1 N–H and O–H groups in total. The summed E-state index contributed by atoms with van der Waals surface area (Å²) < 4.78 is 18.8. The Balaban J connectivity index is 1.36. The molecule has 3 aromatic rings. The summed E-state index contributed by atoms with van der Waals surface area (Å²) in [5.74, 6) is 0.782. The molecule has 1 aliphatic heterocycles. The molecular weight excluding hydrogens is 355 g/mol. The van der Waals surface area contributed by atoms with Crippen molar-refractivity contribution in [2.45, 2.75) is 18.8 Å². The van der Waals surface area contributed by atoms with Crippen molar-refractivity contribution in [3.63, 3.8) is 0 Å². The van der Waals surface area contributed by atoms with Gasteiger partial charge in [0.25, 0.3) is 0 Å². The number of piperidine rings is 1. The average molecular weight is 372 g/mol. The van der Waals surface area contributed by atoms with Crippen LogP contribution in [0.2, 0.25) is 0 Å². The van der Waals surface area contributed by atoms with E-state index in [9.17, 15) is 9.18 Å². The van der Waals surface area contributed by atoms with Crippen molar-refractivity contribution in [2.75, 3.05) is 18.4 Å². The molecule has 0 aliphatic carbocycles. The lowest BCUT2D eigenvalue weighted by Gasteiger charge is -2.30. The molecule has 1 fully saturated rings. The second kappa shape index (κ2) is 7.25. The summed E-state index contributed by atoms with van der Waals surface area (Å²) in [6.07, 6.45) is 1.53.